The molecule has 4 rings (SSSR count). The van der Waals surface area contributed by atoms with Gasteiger partial charge in [-0.1, -0.05) is 58.4 Å². The van der Waals surface area contributed by atoms with Crippen LogP contribution in [0.2, 0.25) is 0 Å². The highest BCUT2D eigenvalue weighted by Gasteiger charge is 2.30. The van der Waals surface area contributed by atoms with Crippen LogP contribution in [0, 0.1) is 6.92 Å². The van der Waals surface area contributed by atoms with Gasteiger partial charge in [-0.2, -0.15) is 0 Å². The van der Waals surface area contributed by atoms with Crippen LogP contribution in [0.3, 0.4) is 0 Å². The second-order valence-electron chi connectivity index (χ2n) is 6.69. The Kier molecular flexibility index (Phi) is 5.32. The molecule has 0 saturated heterocycles. The lowest BCUT2D eigenvalue weighted by molar-refractivity contribution is 0.0920. The maximum atomic E-state index is 12.8. The minimum absolute atomic E-state index is 0.0864. The quantitative estimate of drug-likeness (QED) is 0.374. The second kappa shape index (κ2) is 8.05. The Morgan fingerprint density at radius 2 is 1.86 bits per heavy atom. The molecule has 0 unspecified atom stereocenters. The van der Waals surface area contributed by atoms with Crippen LogP contribution in [0.25, 0.3) is 6.08 Å². The van der Waals surface area contributed by atoms with Gasteiger partial charge in [0.05, 0.1) is 5.56 Å². The fraction of sp³-hybridized carbons (Fsp3) is 0.0833. The van der Waals surface area contributed by atoms with E-state index in [1.807, 2.05) is 49.4 Å². The first-order valence-electron chi connectivity index (χ1n) is 9.07. The molecule has 1 heterocycles. The summed E-state index contributed by atoms with van der Waals surface area (Å²) < 4.78 is 12.4. The number of allylic oxidation sites excluding steroid dienone is 1. The summed E-state index contributed by atoms with van der Waals surface area (Å²) in [6.45, 7) is 1.74. The Labute approximate surface area is 176 Å². The predicted molar refractivity (Wildman–Crippen MR) is 115 cm³/mol. The van der Waals surface area contributed by atoms with Crippen LogP contribution in [-0.4, -0.2) is 18.2 Å². The maximum absolute atomic E-state index is 12.8. The molecule has 0 N–H and O–H groups in total. The SMILES string of the molecule is Cc1cc(OCC(=O)c2ccccc2)cc2c1C(=O)/C(=C/c1cccc(Br)c1)O2. The number of hydrogen-bond acceptors (Lipinski definition) is 4. The van der Waals surface area contributed by atoms with Crippen molar-refractivity contribution in [3.05, 3.63) is 99.2 Å². The molecule has 0 saturated carbocycles. The first-order valence-corrected chi connectivity index (χ1v) is 9.86. The van der Waals surface area contributed by atoms with Crippen molar-refractivity contribution in [3.8, 4) is 11.5 Å². The molecule has 144 valence electrons. The molecule has 1 aliphatic rings. The van der Waals surface area contributed by atoms with Crippen LogP contribution >= 0.6 is 15.9 Å². The fourth-order valence-electron chi connectivity index (χ4n) is 3.16. The molecule has 3 aromatic carbocycles. The van der Waals surface area contributed by atoms with Crippen LogP contribution in [0.15, 0.2) is 77.0 Å². The zero-order valence-corrected chi connectivity index (χ0v) is 17.2. The van der Waals surface area contributed by atoms with Crippen molar-refractivity contribution < 1.29 is 19.1 Å². The molecule has 4 nitrogen and oxygen atoms in total. The number of carbonyl (C=O) groups is 2. The normalized spacial score (nSPS) is 13.9. The zero-order valence-electron chi connectivity index (χ0n) is 15.6. The summed E-state index contributed by atoms with van der Waals surface area (Å²) in [5.41, 5.74) is 2.72. The third-order valence-electron chi connectivity index (χ3n) is 4.56. The molecule has 0 amide bonds. The molecule has 0 radical (unpaired) electrons. The lowest BCUT2D eigenvalue weighted by atomic mass is 10.0. The Bertz CT molecular complexity index is 1130. The van der Waals surface area contributed by atoms with Crippen LogP contribution < -0.4 is 9.47 Å². The van der Waals surface area contributed by atoms with Gasteiger partial charge >= 0.3 is 0 Å². The fourth-order valence-corrected chi connectivity index (χ4v) is 3.58. The van der Waals surface area contributed by atoms with Gasteiger partial charge in [0.15, 0.2) is 18.1 Å². The van der Waals surface area contributed by atoms with Crippen LogP contribution in [-0.2, 0) is 0 Å². The summed E-state index contributed by atoms with van der Waals surface area (Å²) in [6.07, 6.45) is 1.71. The summed E-state index contributed by atoms with van der Waals surface area (Å²) in [6, 6.07) is 20.0. The van der Waals surface area contributed by atoms with E-state index in [1.165, 1.54) is 0 Å². The van der Waals surface area contributed by atoms with E-state index in [9.17, 15) is 9.59 Å². The van der Waals surface area contributed by atoms with Gasteiger partial charge in [-0.3, -0.25) is 9.59 Å². The van der Waals surface area contributed by atoms with Gasteiger partial charge in [0.25, 0.3) is 0 Å². The van der Waals surface area contributed by atoms with Gasteiger partial charge < -0.3 is 9.47 Å². The molecule has 0 fully saturated rings. The zero-order chi connectivity index (χ0) is 20.4. The number of fused-ring (bicyclic) bond motifs is 1. The monoisotopic (exact) mass is 448 g/mol. The van der Waals surface area contributed by atoms with Crippen LogP contribution in [0.4, 0.5) is 0 Å². The highest BCUT2D eigenvalue weighted by Crippen LogP contribution is 2.37. The number of halogens is 1. The molecule has 29 heavy (non-hydrogen) atoms. The van der Waals surface area contributed by atoms with Crippen molar-refractivity contribution >= 4 is 33.6 Å². The summed E-state index contributed by atoms with van der Waals surface area (Å²) in [7, 11) is 0. The van der Waals surface area contributed by atoms with Crippen molar-refractivity contribution in [2.24, 2.45) is 0 Å². The molecular weight excluding hydrogens is 432 g/mol. The third kappa shape index (κ3) is 4.15. The summed E-state index contributed by atoms with van der Waals surface area (Å²) in [5.74, 6) is 0.916. The minimum Gasteiger partial charge on any atom is -0.485 e. The van der Waals surface area contributed by atoms with Crippen LogP contribution in [0.5, 0.6) is 11.5 Å². The average molecular weight is 449 g/mol. The molecule has 5 heteroatoms. The molecule has 0 aliphatic carbocycles. The largest absolute Gasteiger partial charge is 0.485 e. The smallest absolute Gasteiger partial charge is 0.232 e. The number of hydrogen-bond donors (Lipinski definition) is 0. The van der Waals surface area contributed by atoms with Gasteiger partial charge in [0.2, 0.25) is 5.78 Å². The van der Waals surface area contributed by atoms with E-state index in [1.54, 1.807) is 30.3 Å². The van der Waals surface area contributed by atoms with Gasteiger partial charge in [0.1, 0.15) is 11.5 Å². The van der Waals surface area contributed by atoms with Gasteiger partial charge in [-0.15, -0.1) is 0 Å². The van der Waals surface area contributed by atoms with Gasteiger partial charge in [0, 0.05) is 16.1 Å². The van der Waals surface area contributed by atoms with Crippen molar-refractivity contribution in [2.75, 3.05) is 6.61 Å². The lowest BCUT2D eigenvalue weighted by Gasteiger charge is -2.08. The molecule has 0 atom stereocenters. The van der Waals surface area contributed by atoms with Crippen molar-refractivity contribution in [2.45, 2.75) is 6.92 Å². The third-order valence-corrected chi connectivity index (χ3v) is 5.05. The molecule has 0 bridgehead atoms. The number of ketones is 2. The number of Topliss-reactive ketones (excluding diaryl/α,β-unsaturated/α-hetero) is 2. The van der Waals surface area contributed by atoms with E-state index in [2.05, 4.69) is 15.9 Å². The number of aryl methyl sites for hydroxylation is 1. The molecule has 3 aromatic rings. The standard InChI is InChI=1S/C24H17BrO4/c1-15-10-19(28-14-20(26)17-7-3-2-4-8-17)13-21-23(15)24(27)22(29-21)12-16-6-5-9-18(25)11-16/h2-13H,14H2,1H3/b22-12-. The van der Waals surface area contributed by atoms with E-state index >= 15 is 0 Å². The van der Waals surface area contributed by atoms with Gasteiger partial charge in [-0.25, -0.2) is 0 Å². The van der Waals surface area contributed by atoms with Gasteiger partial charge in [-0.05, 0) is 42.3 Å². The number of carbonyl (C=O) groups excluding carboxylic acids is 2. The Balaban J connectivity index is 1.54. The van der Waals surface area contributed by atoms with Crippen molar-refractivity contribution in [1.29, 1.82) is 0 Å². The van der Waals surface area contributed by atoms with Crippen molar-refractivity contribution in [3.63, 3.8) is 0 Å². The van der Waals surface area contributed by atoms with E-state index in [0.717, 1.165) is 15.6 Å². The highest BCUT2D eigenvalue weighted by atomic mass is 79.9. The van der Waals surface area contributed by atoms with Crippen LogP contribution in [0.1, 0.15) is 31.8 Å². The Morgan fingerprint density at radius 3 is 2.62 bits per heavy atom. The maximum Gasteiger partial charge on any atom is 0.232 e. The number of rotatable bonds is 5. The Hall–Kier alpha value is -3.18. The van der Waals surface area contributed by atoms with E-state index in [4.69, 9.17) is 9.47 Å². The molecular formula is C24H17BrO4. The summed E-state index contributed by atoms with van der Waals surface area (Å²) >= 11 is 3.42. The number of benzene rings is 3. The highest BCUT2D eigenvalue weighted by molar-refractivity contribution is 9.10. The van der Waals surface area contributed by atoms with E-state index in [0.29, 0.717) is 22.6 Å². The van der Waals surface area contributed by atoms with E-state index < -0.39 is 0 Å². The molecule has 0 aromatic heterocycles. The molecule has 1 aliphatic heterocycles. The summed E-state index contributed by atoms with van der Waals surface area (Å²) in [4.78, 5) is 25.0. The molecule has 0 spiro atoms. The van der Waals surface area contributed by atoms with Crippen molar-refractivity contribution in [1.82, 2.24) is 0 Å². The minimum atomic E-state index is -0.163. The first-order chi connectivity index (χ1) is 14.0. The Morgan fingerprint density at radius 1 is 1.07 bits per heavy atom. The predicted octanol–water partition coefficient (Wildman–Crippen LogP) is 5.64. The second-order valence-corrected chi connectivity index (χ2v) is 7.60. The topological polar surface area (TPSA) is 52.6 Å². The average Bonchev–Trinajstić information content (AvgIpc) is 3.02. The summed E-state index contributed by atoms with van der Waals surface area (Å²) in [5, 5.41) is 0. The first kappa shape index (κ1) is 19.2. The number of ether oxygens (including phenoxy) is 2. The van der Waals surface area contributed by atoms with E-state index in [-0.39, 0.29) is 23.9 Å². The lowest BCUT2D eigenvalue weighted by Crippen LogP contribution is -2.11.